The van der Waals surface area contributed by atoms with E-state index in [0.717, 1.165) is 38.4 Å². The van der Waals surface area contributed by atoms with Crippen LogP contribution in [0.25, 0.3) is 55.3 Å². The molecular weight excluding hydrogens is 437 g/mol. The van der Waals surface area contributed by atoms with Crippen molar-refractivity contribution in [3.8, 4) is 11.5 Å². The molecule has 0 bridgehead atoms. The van der Waals surface area contributed by atoms with Gasteiger partial charge in [0.15, 0.2) is 5.58 Å². The molecule has 0 radical (unpaired) electrons. The van der Waals surface area contributed by atoms with Gasteiger partial charge in [-0.15, -0.1) is 0 Å². The standard InChI is InChI=1S/C29H26BNO4/c1-28(2,32)29(3,4)35-30-24-25-23(16-21-20-11-7-8-12-22(20)33-26(21)24)34-27(31-25)19-14-13-17-9-5-6-10-18(17)15-19/h5-16,30,32H,1-4H3. The highest BCUT2D eigenvalue weighted by atomic mass is 16.5. The number of aliphatic hydroxyl groups is 1. The predicted octanol–water partition coefficient (Wildman–Crippen LogP) is 6.09. The molecule has 6 aromatic rings. The van der Waals surface area contributed by atoms with Crippen LogP contribution in [0.5, 0.6) is 0 Å². The lowest BCUT2D eigenvalue weighted by Crippen LogP contribution is -2.49. The van der Waals surface area contributed by atoms with Crippen molar-refractivity contribution in [2.75, 3.05) is 0 Å². The number of hydrogen-bond acceptors (Lipinski definition) is 5. The average Bonchev–Trinajstić information content (AvgIpc) is 3.42. The van der Waals surface area contributed by atoms with Gasteiger partial charge in [-0.2, -0.15) is 0 Å². The minimum absolute atomic E-state index is 0.217. The number of furan rings is 1. The summed E-state index contributed by atoms with van der Waals surface area (Å²) in [5, 5.41) is 14.9. The summed E-state index contributed by atoms with van der Waals surface area (Å²) in [6.07, 6.45) is 0. The Hall–Kier alpha value is -3.61. The van der Waals surface area contributed by atoms with Crippen molar-refractivity contribution in [1.29, 1.82) is 0 Å². The smallest absolute Gasteiger partial charge is 0.315 e. The quantitative estimate of drug-likeness (QED) is 0.314. The van der Waals surface area contributed by atoms with Crippen molar-refractivity contribution < 1.29 is 18.6 Å². The van der Waals surface area contributed by atoms with Gasteiger partial charge in [-0.3, -0.25) is 0 Å². The monoisotopic (exact) mass is 463 g/mol. The Balaban J connectivity index is 1.55. The minimum atomic E-state index is -1.03. The largest absolute Gasteiger partial charge is 0.456 e. The third kappa shape index (κ3) is 3.61. The third-order valence-electron chi connectivity index (χ3n) is 7.17. The number of aromatic nitrogens is 1. The van der Waals surface area contributed by atoms with Gasteiger partial charge in [-0.25, -0.2) is 4.98 Å². The summed E-state index contributed by atoms with van der Waals surface area (Å²) in [7, 11) is 0.217. The molecule has 6 rings (SSSR count). The molecular formula is C29H26BNO4. The van der Waals surface area contributed by atoms with E-state index in [-0.39, 0.29) is 7.48 Å². The summed E-state index contributed by atoms with van der Waals surface area (Å²) >= 11 is 0. The Kier molecular flexibility index (Phi) is 4.82. The zero-order valence-corrected chi connectivity index (χ0v) is 20.3. The zero-order chi connectivity index (χ0) is 24.4. The average molecular weight is 463 g/mol. The first-order valence-electron chi connectivity index (χ1n) is 11.8. The molecule has 0 atom stereocenters. The van der Waals surface area contributed by atoms with E-state index in [0.29, 0.717) is 17.0 Å². The van der Waals surface area contributed by atoms with Crippen molar-refractivity contribution in [3.05, 3.63) is 72.8 Å². The molecule has 5 nitrogen and oxygen atoms in total. The van der Waals surface area contributed by atoms with Crippen molar-refractivity contribution in [2.24, 2.45) is 0 Å². The summed E-state index contributed by atoms with van der Waals surface area (Å²) in [6, 6.07) is 24.4. The Labute approximate surface area is 203 Å². The van der Waals surface area contributed by atoms with Crippen molar-refractivity contribution in [3.63, 3.8) is 0 Å². The van der Waals surface area contributed by atoms with Crippen LogP contribution in [-0.2, 0) is 4.65 Å². The minimum Gasteiger partial charge on any atom is -0.456 e. The van der Waals surface area contributed by atoms with Crippen LogP contribution < -0.4 is 5.46 Å². The van der Waals surface area contributed by atoms with E-state index < -0.39 is 11.2 Å². The first-order chi connectivity index (χ1) is 16.7. The number of fused-ring (bicyclic) bond motifs is 5. The Morgan fingerprint density at radius 1 is 0.800 bits per heavy atom. The number of benzene rings is 4. The topological polar surface area (TPSA) is 68.6 Å². The van der Waals surface area contributed by atoms with Gasteiger partial charge in [-0.05, 0) is 62.7 Å². The lowest BCUT2D eigenvalue weighted by Gasteiger charge is -2.37. The maximum atomic E-state index is 10.6. The number of hydrogen-bond donors (Lipinski definition) is 1. The fourth-order valence-electron chi connectivity index (χ4n) is 4.33. The van der Waals surface area contributed by atoms with Crippen LogP contribution in [0.4, 0.5) is 0 Å². The Morgan fingerprint density at radius 3 is 2.34 bits per heavy atom. The van der Waals surface area contributed by atoms with Crippen LogP contribution in [-0.4, -0.2) is 28.8 Å². The predicted molar refractivity (Wildman–Crippen MR) is 142 cm³/mol. The van der Waals surface area contributed by atoms with E-state index in [1.807, 2.05) is 62.4 Å². The lowest BCUT2D eigenvalue weighted by molar-refractivity contribution is -0.0892. The summed E-state index contributed by atoms with van der Waals surface area (Å²) in [6.45, 7) is 7.26. The molecule has 0 aliphatic carbocycles. The second kappa shape index (κ2) is 7.70. The van der Waals surface area contributed by atoms with Gasteiger partial charge in [0.05, 0.1) is 11.2 Å². The fraction of sp³-hybridized carbons (Fsp3) is 0.207. The zero-order valence-electron chi connectivity index (χ0n) is 20.3. The molecule has 0 aliphatic rings. The highest BCUT2D eigenvalue weighted by Crippen LogP contribution is 2.34. The van der Waals surface area contributed by atoms with Gasteiger partial charge < -0.3 is 18.6 Å². The highest BCUT2D eigenvalue weighted by molar-refractivity contribution is 6.55. The third-order valence-corrected chi connectivity index (χ3v) is 7.17. The van der Waals surface area contributed by atoms with E-state index >= 15 is 0 Å². The van der Waals surface area contributed by atoms with Crippen LogP contribution in [0.2, 0.25) is 0 Å². The summed E-state index contributed by atoms with van der Waals surface area (Å²) in [4.78, 5) is 4.90. The van der Waals surface area contributed by atoms with E-state index in [1.165, 1.54) is 5.39 Å². The first-order valence-corrected chi connectivity index (χ1v) is 11.8. The van der Waals surface area contributed by atoms with Gasteiger partial charge in [0.2, 0.25) is 5.89 Å². The fourth-order valence-corrected chi connectivity index (χ4v) is 4.33. The van der Waals surface area contributed by atoms with Gasteiger partial charge in [0.25, 0.3) is 0 Å². The second-order valence-electron chi connectivity index (χ2n) is 10.1. The number of oxazole rings is 1. The van der Waals surface area contributed by atoms with Gasteiger partial charge >= 0.3 is 7.48 Å². The number of nitrogens with zero attached hydrogens (tertiary/aromatic N) is 1. The molecule has 6 heteroatoms. The van der Waals surface area contributed by atoms with E-state index in [4.69, 9.17) is 18.5 Å². The summed E-state index contributed by atoms with van der Waals surface area (Å²) < 4.78 is 18.9. The Morgan fingerprint density at radius 2 is 1.54 bits per heavy atom. The summed E-state index contributed by atoms with van der Waals surface area (Å²) in [5.74, 6) is 0.547. The molecule has 1 N–H and O–H groups in total. The van der Waals surface area contributed by atoms with E-state index in [1.54, 1.807) is 13.8 Å². The maximum Gasteiger partial charge on any atom is 0.315 e. The normalized spacial score (nSPS) is 12.8. The van der Waals surface area contributed by atoms with E-state index in [2.05, 4.69) is 24.3 Å². The van der Waals surface area contributed by atoms with Crippen LogP contribution in [0.1, 0.15) is 27.7 Å². The highest BCUT2D eigenvalue weighted by Gasteiger charge is 2.36. The molecule has 0 saturated carbocycles. The van der Waals surface area contributed by atoms with Crippen LogP contribution in [0.3, 0.4) is 0 Å². The van der Waals surface area contributed by atoms with Crippen LogP contribution >= 0.6 is 0 Å². The molecule has 0 aliphatic heterocycles. The van der Waals surface area contributed by atoms with Crippen molar-refractivity contribution in [1.82, 2.24) is 4.98 Å². The number of para-hydroxylation sites is 1. The number of rotatable bonds is 5. The van der Waals surface area contributed by atoms with Crippen molar-refractivity contribution >= 4 is 56.8 Å². The second-order valence-corrected chi connectivity index (χ2v) is 10.1. The van der Waals surface area contributed by atoms with Gasteiger partial charge in [0.1, 0.15) is 16.7 Å². The molecule has 0 amide bonds. The molecule has 2 heterocycles. The first kappa shape index (κ1) is 21.9. The molecule has 4 aromatic carbocycles. The van der Waals surface area contributed by atoms with E-state index in [9.17, 15) is 5.11 Å². The molecule has 174 valence electrons. The molecule has 35 heavy (non-hydrogen) atoms. The molecule has 0 spiro atoms. The van der Waals surface area contributed by atoms with Gasteiger partial charge in [-0.1, -0.05) is 48.5 Å². The Bertz CT molecular complexity index is 1720. The SMILES string of the molecule is CC(C)(O)C(C)(C)OBc1c2nc(-c3ccc4ccccc4c3)oc2cc2c1oc1ccccc12. The van der Waals surface area contributed by atoms with Crippen LogP contribution in [0.15, 0.2) is 81.6 Å². The van der Waals surface area contributed by atoms with Crippen LogP contribution in [0, 0.1) is 0 Å². The van der Waals surface area contributed by atoms with Crippen molar-refractivity contribution in [2.45, 2.75) is 38.9 Å². The molecule has 2 aromatic heterocycles. The molecule has 0 unspecified atom stereocenters. The van der Waals surface area contributed by atoms with Gasteiger partial charge in [0, 0.05) is 21.8 Å². The maximum absolute atomic E-state index is 10.6. The lowest BCUT2D eigenvalue weighted by atomic mass is 9.81. The molecule has 0 saturated heterocycles. The summed E-state index contributed by atoms with van der Waals surface area (Å²) in [5.41, 5.74) is 2.79. The molecule has 0 fully saturated rings.